The van der Waals surface area contributed by atoms with Crippen LogP contribution in [0.2, 0.25) is 0 Å². The van der Waals surface area contributed by atoms with E-state index < -0.39 is 0 Å². The molecule has 8 nitrogen and oxygen atoms in total. The molecule has 3 heterocycles. The van der Waals surface area contributed by atoms with Crippen LogP contribution in [-0.2, 0) is 29.9 Å². The number of hydrogen-bond acceptors (Lipinski definition) is 6. The molecule has 0 aliphatic carbocycles. The molecule has 0 bridgehead atoms. The Kier molecular flexibility index (Phi) is 6.94. The number of rotatable bonds is 10. The molecule has 5 aromatic rings. The first-order valence-electron chi connectivity index (χ1n) is 11.5. The van der Waals surface area contributed by atoms with Crippen molar-refractivity contribution in [3.8, 4) is 0 Å². The number of aromatic nitrogens is 6. The molecule has 0 aliphatic rings. The van der Waals surface area contributed by atoms with Crippen LogP contribution < -0.4 is 0 Å². The summed E-state index contributed by atoms with van der Waals surface area (Å²) >= 11 is 1.65. The van der Waals surface area contributed by atoms with Crippen LogP contribution in [0.4, 0.5) is 0 Å². The maximum absolute atomic E-state index is 11.7. The quantitative estimate of drug-likeness (QED) is 0.218. The molecular weight excluding hydrogens is 460 g/mol. The number of benzene rings is 2. The van der Waals surface area contributed by atoms with Crippen molar-refractivity contribution in [2.24, 2.45) is 0 Å². The number of carbonyl (C=O) groups excluding carboxylic acids is 1. The molecular formula is C26H26N6O2S. The van der Waals surface area contributed by atoms with Crippen molar-refractivity contribution in [1.82, 2.24) is 29.7 Å². The molecule has 3 aromatic heterocycles. The van der Waals surface area contributed by atoms with Gasteiger partial charge >= 0.3 is 5.97 Å². The van der Waals surface area contributed by atoms with E-state index >= 15 is 0 Å². The highest BCUT2D eigenvalue weighted by Gasteiger charge is 2.16. The van der Waals surface area contributed by atoms with Gasteiger partial charge in [-0.2, -0.15) is 0 Å². The van der Waals surface area contributed by atoms with Gasteiger partial charge in [0.1, 0.15) is 5.82 Å². The lowest BCUT2D eigenvalue weighted by atomic mass is 10.1. The average molecular weight is 487 g/mol. The van der Waals surface area contributed by atoms with Gasteiger partial charge in [-0.3, -0.25) is 0 Å². The van der Waals surface area contributed by atoms with Gasteiger partial charge in [0.05, 0.1) is 24.7 Å². The van der Waals surface area contributed by atoms with Gasteiger partial charge in [-0.15, -0.1) is 10.2 Å². The highest BCUT2D eigenvalue weighted by atomic mass is 32.2. The van der Waals surface area contributed by atoms with E-state index in [2.05, 4.69) is 54.1 Å². The number of aromatic amines is 2. The lowest BCUT2D eigenvalue weighted by Crippen LogP contribution is -2.07. The number of thioether (sulfide) groups is 1. The van der Waals surface area contributed by atoms with Gasteiger partial charge in [-0.05, 0) is 42.2 Å². The smallest absolute Gasteiger partial charge is 0.337 e. The van der Waals surface area contributed by atoms with Gasteiger partial charge in [0.15, 0.2) is 5.16 Å². The third-order valence-corrected chi connectivity index (χ3v) is 6.97. The third-order valence-electron chi connectivity index (χ3n) is 5.93. The van der Waals surface area contributed by atoms with E-state index in [9.17, 15) is 4.79 Å². The molecule has 0 amide bonds. The monoisotopic (exact) mass is 486 g/mol. The molecule has 178 valence electrons. The Morgan fingerprint density at radius 3 is 2.74 bits per heavy atom. The van der Waals surface area contributed by atoms with Crippen LogP contribution in [0, 0.1) is 0 Å². The van der Waals surface area contributed by atoms with Crippen molar-refractivity contribution in [3.05, 3.63) is 95.5 Å². The molecule has 0 atom stereocenters. The Balaban J connectivity index is 1.34. The van der Waals surface area contributed by atoms with Crippen molar-refractivity contribution in [1.29, 1.82) is 0 Å². The van der Waals surface area contributed by atoms with Crippen molar-refractivity contribution in [2.75, 3.05) is 7.11 Å². The summed E-state index contributed by atoms with van der Waals surface area (Å²) in [6, 6.07) is 15.8. The number of nitrogens with one attached hydrogen (secondary N) is 2. The van der Waals surface area contributed by atoms with E-state index in [1.165, 1.54) is 18.1 Å². The van der Waals surface area contributed by atoms with E-state index in [0.717, 1.165) is 52.9 Å². The number of ether oxygens (including phenoxy) is 1. The highest BCUT2D eigenvalue weighted by molar-refractivity contribution is 7.98. The van der Waals surface area contributed by atoms with Gasteiger partial charge in [-0.25, -0.2) is 9.78 Å². The fraction of sp³-hybridized carbons (Fsp3) is 0.231. The minimum absolute atomic E-state index is 0.331. The number of aryl methyl sites for hydroxylation is 1. The zero-order chi connectivity index (χ0) is 24.0. The van der Waals surface area contributed by atoms with Crippen LogP contribution in [-0.4, -0.2) is 42.8 Å². The normalized spacial score (nSPS) is 11.2. The molecule has 2 aromatic carbocycles. The lowest BCUT2D eigenvalue weighted by molar-refractivity contribution is 0.0600. The summed E-state index contributed by atoms with van der Waals surface area (Å²) in [6.07, 6.45) is 8.23. The lowest BCUT2D eigenvalue weighted by Gasteiger charge is -2.10. The molecule has 0 spiro atoms. The van der Waals surface area contributed by atoms with Crippen molar-refractivity contribution in [3.63, 3.8) is 0 Å². The van der Waals surface area contributed by atoms with Gasteiger partial charge in [0.2, 0.25) is 0 Å². The maximum Gasteiger partial charge on any atom is 0.337 e. The number of methoxy groups -OCH3 is 1. The van der Waals surface area contributed by atoms with Crippen LogP contribution in [0.1, 0.15) is 39.4 Å². The Hall–Kier alpha value is -3.85. The van der Waals surface area contributed by atoms with Gasteiger partial charge in [-0.1, -0.05) is 42.1 Å². The van der Waals surface area contributed by atoms with Gasteiger partial charge in [0, 0.05) is 42.0 Å². The fourth-order valence-electron chi connectivity index (χ4n) is 4.08. The summed E-state index contributed by atoms with van der Waals surface area (Å²) in [6.45, 7) is 0.807. The number of fused-ring (bicyclic) bond motifs is 1. The first kappa shape index (κ1) is 22.9. The van der Waals surface area contributed by atoms with E-state index in [1.54, 1.807) is 30.2 Å². The molecule has 0 unspecified atom stereocenters. The number of hydrogen-bond donors (Lipinski definition) is 2. The average Bonchev–Trinajstić information content (AvgIpc) is 3.65. The molecule has 9 heteroatoms. The molecule has 0 saturated carbocycles. The second-order valence-corrected chi connectivity index (χ2v) is 9.17. The molecule has 0 aliphatic heterocycles. The van der Waals surface area contributed by atoms with E-state index in [-0.39, 0.29) is 5.97 Å². The Morgan fingerprint density at radius 1 is 1.09 bits per heavy atom. The highest BCUT2D eigenvalue weighted by Crippen LogP contribution is 2.26. The molecule has 0 radical (unpaired) electrons. The molecule has 5 rings (SSSR count). The first-order valence-corrected chi connectivity index (χ1v) is 12.4. The van der Waals surface area contributed by atoms with Crippen LogP contribution in [0.25, 0.3) is 10.9 Å². The van der Waals surface area contributed by atoms with E-state index in [0.29, 0.717) is 12.0 Å². The van der Waals surface area contributed by atoms with Gasteiger partial charge < -0.3 is 19.3 Å². The third kappa shape index (κ3) is 5.30. The largest absolute Gasteiger partial charge is 0.465 e. The van der Waals surface area contributed by atoms with Crippen molar-refractivity contribution >= 4 is 28.6 Å². The van der Waals surface area contributed by atoms with Crippen LogP contribution in [0.15, 0.2) is 72.4 Å². The molecule has 0 fully saturated rings. The zero-order valence-corrected chi connectivity index (χ0v) is 20.2. The van der Waals surface area contributed by atoms with E-state index in [4.69, 9.17) is 4.74 Å². The minimum Gasteiger partial charge on any atom is -0.465 e. The second-order valence-electron chi connectivity index (χ2n) is 8.23. The summed E-state index contributed by atoms with van der Waals surface area (Å²) in [7, 11) is 1.39. The Morgan fingerprint density at radius 2 is 1.94 bits per heavy atom. The topological polar surface area (TPSA) is 101 Å². The standard InChI is InChI=1S/C26H26N6O2S/c1-34-25(33)19-10-8-18(9-11-19)16-35-26-31-30-24(32(26)12-4-5-21-15-27-17-29-21)13-20-14-28-23-7-3-2-6-22(20)23/h2-3,6-11,14-15,17,28H,4-5,12-13,16H2,1H3,(H,27,29). The number of esters is 1. The summed E-state index contributed by atoms with van der Waals surface area (Å²) in [5, 5.41) is 11.2. The summed E-state index contributed by atoms with van der Waals surface area (Å²) in [5.74, 6) is 1.34. The van der Waals surface area contributed by atoms with Crippen LogP contribution in [0.3, 0.4) is 0 Å². The summed E-state index contributed by atoms with van der Waals surface area (Å²) in [4.78, 5) is 22.4. The fourth-order valence-corrected chi connectivity index (χ4v) is 5.02. The number of H-pyrrole nitrogens is 2. The molecule has 2 N–H and O–H groups in total. The van der Waals surface area contributed by atoms with Crippen LogP contribution >= 0.6 is 11.8 Å². The minimum atomic E-state index is -0.331. The summed E-state index contributed by atoms with van der Waals surface area (Å²) < 4.78 is 7.01. The first-order chi connectivity index (χ1) is 17.2. The summed E-state index contributed by atoms with van der Waals surface area (Å²) in [5.41, 5.74) is 5.03. The molecule has 0 saturated heterocycles. The molecule has 35 heavy (non-hydrogen) atoms. The number of carbonyl (C=O) groups is 1. The van der Waals surface area contributed by atoms with Crippen LogP contribution in [0.5, 0.6) is 0 Å². The van der Waals surface area contributed by atoms with Gasteiger partial charge in [0.25, 0.3) is 0 Å². The predicted octanol–water partition coefficient (Wildman–Crippen LogP) is 4.79. The van der Waals surface area contributed by atoms with Crippen molar-refractivity contribution in [2.45, 2.75) is 36.7 Å². The predicted molar refractivity (Wildman–Crippen MR) is 135 cm³/mol. The number of nitrogens with zero attached hydrogens (tertiary/aromatic N) is 4. The number of imidazole rings is 1. The SMILES string of the molecule is COC(=O)c1ccc(CSc2nnc(Cc3c[nH]c4ccccc34)n2CCCc2c[nH]cn2)cc1. The van der Waals surface area contributed by atoms with Crippen molar-refractivity contribution < 1.29 is 9.53 Å². The van der Waals surface area contributed by atoms with E-state index in [1.807, 2.05) is 24.4 Å². The zero-order valence-electron chi connectivity index (χ0n) is 19.4. The Labute approximate surface area is 207 Å². The number of para-hydroxylation sites is 1. The Bertz CT molecular complexity index is 1410. The second kappa shape index (κ2) is 10.6. The maximum atomic E-state index is 11.7.